The number of hydrogen-bond donors (Lipinski definition) is 2. The number of aliphatic imine (C=N–C) groups is 1. The molecule has 4 rings (SSSR count). The molecule has 0 atom stereocenters. The van der Waals surface area contributed by atoms with Crippen LogP contribution in [0.3, 0.4) is 0 Å². The first-order chi connectivity index (χ1) is 17.1. The van der Waals surface area contributed by atoms with Crippen molar-refractivity contribution in [2.75, 3.05) is 11.8 Å². The number of aromatic hydroxyl groups is 1. The van der Waals surface area contributed by atoms with Crippen LogP contribution in [0, 0.1) is 25.5 Å². The molecule has 2 aromatic carbocycles. The lowest BCUT2D eigenvalue weighted by atomic mass is 10.1. The van der Waals surface area contributed by atoms with E-state index in [-0.39, 0.29) is 15.9 Å². The van der Waals surface area contributed by atoms with Gasteiger partial charge in [0, 0.05) is 22.2 Å². The molecular formula is C24H20F2N4O4S2. The predicted octanol–water partition coefficient (Wildman–Crippen LogP) is 5.37. The van der Waals surface area contributed by atoms with Crippen LogP contribution in [0.4, 0.5) is 19.6 Å². The molecule has 0 aliphatic heterocycles. The topological polar surface area (TPSA) is 114 Å². The zero-order valence-electron chi connectivity index (χ0n) is 19.3. The minimum absolute atomic E-state index is 0.0593. The second-order valence-electron chi connectivity index (χ2n) is 7.63. The van der Waals surface area contributed by atoms with Gasteiger partial charge in [-0.3, -0.25) is 9.71 Å². The number of aryl methyl sites for hydroxylation is 2. The second-order valence-corrected chi connectivity index (χ2v) is 10.4. The molecule has 12 heteroatoms. The molecule has 0 bridgehead atoms. The van der Waals surface area contributed by atoms with Crippen LogP contribution in [0.15, 0.2) is 58.7 Å². The molecule has 186 valence electrons. The molecule has 0 aliphatic carbocycles. The van der Waals surface area contributed by atoms with E-state index in [1.165, 1.54) is 31.7 Å². The van der Waals surface area contributed by atoms with Crippen molar-refractivity contribution < 1.29 is 27.0 Å². The van der Waals surface area contributed by atoms with Crippen LogP contribution in [-0.2, 0) is 10.0 Å². The van der Waals surface area contributed by atoms with Gasteiger partial charge in [0.25, 0.3) is 10.0 Å². The Kier molecular flexibility index (Phi) is 7.00. The number of phenolic OH excluding ortho intramolecular Hbond substituents is 1. The highest BCUT2D eigenvalue weighted by atomic mass is 32.2. The summed E-state index contributed by atoms with van der Waals surface area (Å²) in [5, 5.41) is 10.0. The van der Waals surface area contributed by atoms with Crippen molar-refractivity contribution in [3.63, 3.8) is 0 Å². The van der Waals surface area contributed by atoms with Crippen LogP contribution in [-0.4, -0.2) is 36.8 Å². The average Bonchev–Trinajstić information content (AvgIpc) is 3.19. The lowest BCUT2D eigenvalue weighted by Crippen LogP contribution is -2.15. The Morgan fingerprint density at radius 3 is 2.61 bits per heavy atom. The van der Waals surface area contributed by atoms with Gasteiger partial charge in [-0.2, -0.15) is 8.42 Å². The van der Waals surface area contributed by atoms with Gasteiger partial charge in [-0.25, -0.2) is 18.7 Å². The second kappa shape index (κ2) is 9.99. The first-order valence-corrected chi connectivity index (χ1v) is 12.7. The standard InChI is InChI=1S/C24H20F2N4O4S2/c1-13-9-17(27-11-16-5-4-6-20(34-3)22(16)31)12-28-23(13)36(32,33)30-24-29-21(14(2)35-24)15-7-8-18(25)19(26)10-15/h4-12,31H,1-3H3,(H,29,30)/b27-11+. The molecule has 4 aromatic rings. The fourth-order valence-corrected chi connectivity index (χ4v) is 5.60. The fraction of sp³-hybridized carbons (Fsp3) is 0.125. The van der Waals surface area contributed by atoms with Crippen LogP contribution >= 0.6 is 11.3 Å². The highest BCUT2D eigenvalue weighted by Crippen LogP contribution is 2.33. The minimum Gasteiger partial charge on any atom is -0.504 e. The molecule has 2 aromatic heterocycles. The average molecular weight is 531 g/mol. The van der Waals surface area contributed by atoms with Gasteiger partial charge in [0.1, 0.15) is 0 Å². The number of methoxy groups -OCH3 is 1. The van der Waals surface area contributed by atoms with E-state index in [9.17, 15) is 22.3 Å². The highest BCUT2D eigenvalue weighted by molar-refractivity contribution is 7.92. The third-order valence-electron chi connectivity index (χ3n) is 5.08. The summed E-state index contributed by atoms with van der Waals surface area (Å²) in [6.45, 7) is 3.27. The van der Waals surface area contributed by atoms with Gasteiger partial charge in [-0.05, 0) is 55.8 Å². The molecule has 0 fully saturated rings. The van der Waals surface area contributed by atoms with Gasteiger partial charge in [0.2, 0.25) is 0 Å². The lowest BCUT2D eigenvalue weighted by molar-refractivity contribution is 0.373. The monoisotopic (exact) mass is 530 g/mol. The van der Waals surface area contributed by atoms with Gasteiger partial charge < -0.3 is 9.84 Å². The van der Waals surface area contributed by atoms with E-state index in [0.29, 0.717) is 38.7 Å². The Hall–Kier alpha value is -3.90. The van der Waals surface area contributed by atoms with Gasteiger partial charge in [-0.1, -0.05) is 6.07 Å². The number of benzene rings is 2. The van der Waals surface area contributed by atoms with Gasteiger partial charge in [-0.15, -0.1) is 11.3 Å². The minimum atomic E-state index is -4.10. The molecule has 0 unspecified atom stereocenters. The number of aromatic nitrogens is 2. The third-order valence-corrected chi connectivity index (χ3v) is 7.50. The first-order valence-electron chi connectivity index (χ1n) is 10.4. The molecule has 0 amide bonds. The quantitative estimate of drug-likeness (QED) is 0.311. The zero-order chi connectivity index (χ0) is 26.0. The summed E-state index contributed by atoms with van der Waals surface area (Å²) in [7, 11) is -2.66. The van der Waals surface area contributed by atoms with Crippen molar-refractivity contribution in [3.05, 3.63) is 76.3 Å². The number of nitrogens with one attached hydrogen (secondary N) is 1. The summed E-state index contributed by atoms with van der Waals surface area (Å²) in [6.07, 6.45) is 2.70. The Morgan fingerprint density at radius 1 is 1.14 bits per heavy atom. The summed E-state index contributed by atoms with van der Waals surface area (Å²) < 4.78 is 60.3. The normalized spacial score (nSPS) is 11.7. The smallest absolute Gasteiger partial charge is 0.281 e. The van der Waals surface area contributed by atoms with Crippen molar-refractivity contribution in [3.8, 4) is 22.8 Å². The van der Waals surface area contributed by atoms with E-state index < -0.39 is 21.7 Å². The summed E-state index contributed by atoms with van der Waals surface area (Å²) >= 11 is 1.06. The highest BCUT2D eigenvalue weighted by Gasteiger charge is 2.22. The molecule has 0 saturated carbocycles. The van der Waals surface area contributed by atoms with Crippen LogP contribution in [0.25, 0.3) is 11.3 Å². The van der Waals surface area contributed by atoms with Crippen LogP contribution in [0.1, 0.15) is 16.0 Å². The number of rotatable bonds is 7. The predicted molar refractivity (Wildman–Crippen MR) is 134 cm³/mol. The maximum atomic E-state index is 13.6. The van der Waals surface area contributed by atoms with Crippen molar-refractivity contribution >= 4 is 38.4 Å². The number of sulfonamides is 1. The van der Waals surface area contributed by atoms with Crippen LogP contribution in [0.2, 0.25) is 0 Å². The Morgan fingerprint density at radius 2 is 1.92 bits per heavy atom. The molecule has 36 heavy (non-hydrogen) atoms. The van der Waals surface area contributed by atoms with Crippen molar-refractivity contribution in [1.29, 1.82) is 0 Å². The summed E-state index contributed by atoms with van der Waals surface area (Å²) in [5.74, 6) is -1.78. The fourth-order valence-electron chi connectivity index (χ4n) is 3.37. The van der Waals surface area contributed by atoms with Gasteiger partial charge >= 0.3 is 0 Å². The molecule has 0 radical (unpaired) electrons. The van der Waals surface area contributed by atoms with E-state index in [0.717, 1.165) is 23.5 Å². The van der Waals surface area contributed by atoms with Crippen molar-refractivity contribution in [1.82, 2.24) is 9.97 Å². The molecule has 8 nitrogen and oxygen atoms in total. The van der Waals surface area contributed by atoms with Crippen LogP contribution in [0.5, 0.6) is 11.5 Å². The molecule has 0 spiro atoms. The Bertz CT molecular complexity index is 1590. The number of pyridine rings is 1. The van der Waals surface area contributed by atoms with E-state index in [1.54, 1.807) is 32.0 Å². The van der Waals surface area contributed by atoms with E-state index in [2.05, 4.69) is 19.7 Å². The number of hydrogen-bond acceptors (Lipinski definition) is 8. The summed E-state index contributed by atoms with van der Waals surface area (Å²) in [5.41, 5.74) is 1.79. The number of anilines is 1. The SMILES string of the molecule is COc1cccc(/C=N/c2cnc(S(=O)(=O)Nc3nc(-c4ccc(F)c(F)c4)c(C)s3)c(C)c2)c1O. The number of halogens is 2. The maximum absolute atomic E-state index is 13.6. The summed E-state index contributed by atoms with van der Waals surface area (Å²) in [6, 6.07) is 9.85. The number of ether oxygens (including phenoxy) is 1. The first kappa shape index (κ1) is 25.2. The van der Waals surface area contributed by atoms with Gasteiger partial charge in [0.15, 0.2) is 33.3 Å². The lowest BCUT2D eigenvalue weighted by Gasteiger charge is -2.08. The van der Waals surface area contributed by atoms with Crippen molar-refractivity contribution in [2.45, 2.75) is 18.9 Å². The van der Waals surface area contributed by atoms with Gasteiger partial charge in [0.05, 0.1) is 24.7 Å². The maximum Gasteiger partial charge on any atom is 0.281 e. The van der Waals surface area contributed by atoms with E-state index in [4.69, 9.17) is 4.74 Å². The number of para-hydroxylation sites is 1. The molecular weight excluding hydrogens is 510 g/mol. The molecule has 2 heterocycles. The molecule has 0 aliphatic rings. The molecule has 2 N–H and O–H groups in total. The largest absolute Gasteiger partial charge is 0.504 e. The Labute approximate surface area is 210 Å². The van der Waals surface area contributed by atoms with Crippen molar-refractivity contribution in [2.24, 2.45) is 4.99 Å². The zero-order valence-corrected chi connectivity index (χ0v) is 20.9. The summed E-state index contributed by atoms with van der Waals surface area (Å²) in [4.78, 5) is 13.2. The number of phenols is 1. The Balaban J connectivity index is 1.56. The van der Waals surface area contributed by atoms with Crippen LogP contribution < -0.4 is 9.46 Å². The third kappa shape index (κ3) is 5.19. The number of nitrogens with zero attached hydrogens (tertiary/aromatic N) is 3. The van der Waals surface area contributed by atoms with E-state index >= 15 is 0 Å². The number of thiazole rings is 1. The molecule has 0 saturated heterocycles. The van der Waals surface area contributed by atoms with E-state index in [1.807, 2.05) is 0 Å².